The molecule has 106 valence electrons. The Morgan fingerprint density at radius 1 is 1.40 bits per heavy atom. The molecule has 1 amide bonds. The van der Waals surface area contributed by atoms with Gasteiger partial charge in [-0.2, -0.15) is 5.10 Å². The second kappa shape index (κ2) is 5.97. The van der Waals surface area contributed by atoms with E-state index in [1.54, 1.807) is 6.21 Å². The van der Waals surface area contributed by atoms with Crippen molar-refractivity contribution < 1.29 is 4.79 Å². The summed E-state index contributed by atoms with van der Waals surface area (Å²) in [6, 6.07) is 5.88. The van der Waals surface area contributed by atoms with Gasteiger partial charge in [0, 0.05) is 10.6 Å². The number of rotatable bonds is 2. The van der Waals surface area contributed by atoms with Gasteiger partial charge in [-0.3, -0.25) is 4.79 Å². The third kappa shape index (κ3) is 3.84. The molecule has 2 rings (SSSR count). The van der Waals surface area contributed by atoms with Crippen molar-refractivity contribution in [1.82, 2.24) is 5.32 Å². The lowest BCUT2D eigenvalue weighted by Gasteiger charge is -2.19. The minimum atomic E-state index is -0.0447. The Balaban J connectivity index is 2.18. The molecule has 0 unspecified atom stereocenters. The van der Waals surface area contributed by atoms with E-state index in [0.717, 1.165) is 5.56 Å². The number of nitrogens with zero attached hydrogens (tertiary/aromatic N) is 2. The Bertz CT molecular complexity index is 591. The first-order valence-corrected chi connectivity index (χ1v) is 7.56. The molecule has 4 nitrogen and oxygen atoms in total. The molecule has 0 bridgehead atoms. The average Bonchev–Trinajstić information content (AvgIpc) is 2.76. The maximum absolute atomic E-state index is 11.0. The zero-order valence-corrected chi connectivity index (χ0v) is 13.2. The number of halogens is 1. The minimum Gasteiger partial charge on any atom is -0.303 e. The molecule has 1 N–H and O–H groups in total. The third-order valence-electron chi connectivity index (χ3n) is 2.79. The zero-order chi connectivity index (χ0) is 14.8. The Morgan fingerprint density at radius 2 is 2.15 bits per heavy atom. The fraction of sp³-hybridized carbons (Fsp3) is 0.357. The Labute approximate surface area is 127 Å². The standard InChI is InChI=1S/C14H16ClN3OS/c1-14(2,3)10-4-5-11(15)9(6-10)7-16-18-13-17-12(19)8-20-13/h4-7H,8H2,1-3H3,(H,17,18,19). The second-order valence-electron chi connectivity index (χ2n) is 5.47. The summed E-state index contributed by atoms with van der Waals surface area (Å²) in [5, 5.41) is 11.7. The molecule has 1 saturated heterocycles. The van der Waals surface area contributed by atoms with Crippen LogP contribution in [0.3, 0.4) is 0 Å². The van der Waals surface area contributed by atoms with Crippen LogP contribution in [0.4, 0.5) is 0 Å². The molecule has 0 atom stereocenters. The fourth-order valence-corrected chi connectivity index (χ4v) is 2.43. The number of nitrogens with one attached hydrogen (secondary N) is 1. The maximum Gasteiger partial charge on any atom is 0.236 e. The van der Waals surface area contributed by atoms with E-state index in [-0.39, 0.29) is 11.3 Å². The van der Waals surface area contributed by atoms with E-state index in [1.807, 2.05) is 18.2 Å². The van der Waals surface area contributed by atoms with Gasteiger partial charge in [-0.25, -0.2) is 0 Å². The van der Waals surface area contributed by atoms with Gasteiger partial charge in [0.05, 0.1) is 12.0 Å². The summed E-state index contributed by atoms with van der Waals surface area (Å²) < 4.78 is 0. The topological polar surface area (TPSA) is 53.8 Å². The van der Waals surface area contributed by atoms with Gasteiger partial charge in [0.25, 0.3) is 0 Å². The number of carbonyl (C=O) groups is 1. The van der Waals surface area contributed by atoms with Crippen molar-refractivity contribution in [1.29, 1.82) is 0 Å². The lowest BCUT2D eigenvalue weighted by Crippen LogP contribution is -2.19. The van der Waals surface area contributed by atoms with Gasteiger partial charge in [0.1, 0.15) is 0 Å². The van der Waals surface area contributed by atoms with Gasteiger partial charge in [-0.05, 0) is 23.1 Å². The molecule has 1 heterocycles. The van der Waals surface area contributed by atoms with E-state index in [9.17, 15) is 4.79 Å². The molecule has 1 aliphatic heterocycles. The summed E-state index contributed by atoms with van der Waals surface area (Å²) in [5.74, 6) is 0.353. The molecule has 0 saturated carbocycles. The predicted molar refractivity (Wildman–Crippen MR) is 85.8 cm³/mol. The fourth-order valence-electron chi connectivity index (χ4n) is 1.63. The molecular formula is C14H16ClN3OS. The molecule has 1 fully saturated rings. The number of benzene rings is 1. The average molecular weight is 310 g/mol. The van der Waals surface area contributed by atoms with Gasteiger partial charge >= 0.3 is 0 Å². The van der Waals surface area contributed by atoms with Crippen LogP contribution in [0.25, 0.3) is 0 Å². The van der Waals surface area contributed by atoms with Crippen molar-refractivity contribution in [3.63, 3.8) is 0 Å². The number of amides is 1. The first kappa shape index (κ1) is 15.1. The van der Waals surface area contributed by atoms with Gasteiger partial charge in [0.2, 0.25) is 5.91 Å². The molecule has 0 aliphatic carbocycles. The molecule has 0 radical (unpaired) electrons. The quantitative estimate of drug-likeness (QED) is 0.674. The summed E-state index contributed by atoms with van der Waals surface area (Å²) in [6.45, 7) is 6.42. The van der Waals surface area contributed by atoms with Crippen molar-refractivity contribution in [3.8, 4) is 0 Å². The summed E-state index contributed by atoms with van der Waals surface area (Å²) in [4.78, 5) is 11.0. The summed E-state index contributed by atoms with van der Waals surface area (Å²) in [6.07, 6.45) is 1.61. The number of carbonyl (C=O) groups excluding carboxylic acids is 1. The highest BCUT2D eigenvalue weighted by Crippen LogP contribution is 2.26. The SMILES string of the molecule is CC(C)(C)c1ccc(Cl)c(C=NN=C2NC(=O)CS2)c1. The van der Waals surface area contributed by atoms with Crippen LogP contribution < -0.4 is 5.32 Å². The predicted octanol–water partition coefficient (Wildman–Crippen LogP) is 3.19. The molecule has 0 aromatic heterocycles. The van der Waals surface area contributed by atoms with Crippen LogP contribution in [0.15, 0.2) is 28.4 Å². The molecule has 20 heavy (non-hydrogen) atoms. The smallest absolute Gasteiger partial charge is 0.236 e. The van der Waals surface area contributed by atoms with Crippen LogP contribution in [0.2, 0.25) is 5.02 Å². The molecule has 1 aromatic carbocycles. The normalized spacial score (nSPS) is 18.0. The third-order valence-corrected chi connectivity index (χ3v) is 4.00. The number of amidine groups is 1. The van der Waals surface area contributed by atoms with Crippen LogP contribution in [-0.2, 0) is 10.2 Å². The van der Waals surface area contributed by atoms with Crippen LogP contribution in [0.5, 0.6) is 0 Å². The number of hydrogen-bond donors (Lipinski definition) is 1. The van der Waals surface area contributed by atoms with Crippen LogP contribution in [-0.4, -0.2) is 23.0 Å². The van der Waals surface area contributed by atoms with E-state index in [2.05, 4.69) is 36.3 Å². The largest absolute Gasteiger partial charge is 0.303 e. The Morgan fingerprint density at radius 3 is 2.75 bits per heavy atom. The van der Waals surface area contributed by atoms with Gasteiger partial charge in [-0.15, -0.1) is 5.10 Å². The van der Waals surface area contributed by atoms with E-state index in [1.165, 1.54) is 17.3 Å². The van der Waals surface area contributed by atoms with Crippen LogP contribution >= 0.6 is 23.4 Å². The lowest BCUT2D eigenvalue weighted by molar-refractivity contribution is -0.116. The number of hydrogen-bond acceptors (Lipinski definition) is 4. The highest BCUT2D eigenvalue weighted by atomic mass is 35.5. The van der Waals surface area contributed by atoms with Crippen LogP contribution in [0.1, 0.15) is 31.9 Å². The van der Waals surface area contributed by atoms with E-state index in [4.69, 9.17) is 11.6 Å². The van der Waals surface area contributed by atoms with Crippen molar-refractivity contribution >= 4 is 40.7 Å². The van der Waals surface area contributed by atoms with Crippen molar-refractivity contribution in [2.24, 2.45) is 10.2 Å². The van der Waals surface area contributed by atoms with Gasteiger partial charge in [-0.1, -0.05) is 50.2 Å². The van der Waals surface area contributed by atoms with Crippen LogP contribution in [0, 0.1) is 0 Å². The summed E-state index contributed by atoms with van der Waals surface area (Å²) >= 11 is 7.49. The summed E-state index contributed by atoms with van der Waals surface area (Å²) in [5.41, 5.74) is 2.05. The molecule has 0 spiro atoms. The maximum atomic E-state index is 11.0. The Kier molecular flexibility index (Phi) is 4.50. The van der Waals surface area contributed by atoms with Gasteiger partial charge in [0.15, 0.2) is 5.17 Å². The minimum absolute atomic E-state index is 0.0447. The van der Waals surface area contributed by atoms with Crippen molar-refractivity contribution in [2.45, 2.75) is 26.2 Å². The molecule has 1 aliphatic rings. The van der Waals surface area contributed by atoms with E-state index in [0.29, 0.717) is 15.9 Å². The highest BCUT2D eigenvalue weighted by Gasteiger charge is 2.16. The first-order chi connectivity index (χ1) is 9.36. The molecule has 1 aromatic rings. The second-order valence-corrected chi connectivity index (χ2v) is 6.84. The first-order valence-electron chi connectivity index (χ1n) is 6.20. The van der Waals surface area contributed by atoms with Gasteiger partial charge < -0.3 is 5.32 Å². The number of thioether (sulfide) groups is 1. The summed E-state index contributed by atoms with van der Waals surface area (Å²) in [7, 11) is 0. The van der Waals surface area contributed by atoms with E-state index < -0.39 is 0 Å². The van der Waals surface area contributed by atoms with Crippen molar-refractivity contribution in [3.05, 3.63) is 34.3 Å². The lowest BCUT2D eigenvalue weighted by atomic mass is 9.86. The Hall–Kier alpha value is -1.33. The zero-order valence-electron chi connectivity index (χ0n) is 11.6. The monoisotopic (exact) mass is 309 g/mol. The highest BCUT2D eigenvalue weighted by molar-refractivity contribution is 8.15. The van der Waals surface area contributed by atoms with Crippen molar-refractivity contribution in [2.75, 3.05) is 5.75 Å². The molecule has 6 heteroatoms. The van der Waals surface area contributed by atoms with E-state index >= 15 is 0 Å². The molecular weight excluding hydrogens is 294 g/mol.